The highest BCUT2D eigenvalue weighted by Crippen LogP contribution is 2.75. The molecule has 5 aliphatic carbocycles. The molecule has 11 heteroatoms. The van der Waals surface area contributed by atoms with E-state index in [2.05, 4.69) is 0 Å². The average Bonchev–Trinajstić information content (AvgIpc) is 3.62. The Hall–Kier alpha value is -2.37. The van der Waals surface area contributed by atoms with E-state index < -0.39 is 93.8 Å². The van der Waals surface area contributed by atoms with Crippen LogP contribution in [0.15, 0.2) is 0 Å². The van der Waals surface area contributed by atoms with E-state index in [-0.39, 0.29) is 48.5 Å². The normalized spacial score (nSPS) is 57.7. The third kappa shape index (κ3) is 3.29. The van der Waals surface area contributed by atoms with Crippen LogP contribution in [0.4, 0.5) is 0 Å². The molecular weight excluding hydrogens is 560 g/mol. The van der Waals surface area contributed by atoms with Crippen LogP contribution in [0.3, 0.4) is 0 Å². The van der Waals surface area contributed by atoms with Crippen molar-refractivity contribution in [1.29, 1.82) is 0 Å². The van der Waals surface area contributed by atoms with Crippen molar-refractivity contribution in [3.63, 3.8) is 0 Å². The average molecular weight is 603 g/mol. The van der Waals surface area contributed by atoms with Crippen molar-refractivity contribution >= 4 is 29.5 Å². The van der Waals surface area contributed by atoms with Gasteiger partial charge in [-0.05, 0) is 44.4 Å². The molecule has 2 aliphatic heterocycles. The first-order valence-corrected chi connectivity index (χ1v) is 15.6. The standard InChI is InChI=1S/C32H42O11/c1-11-8-17(35)31(6)22-20(11)30(5)18(40-12(2)33)10-14-19(21(30)26(22)43-28(38)32(31,7)39)24(37)23(36)15-9-16-25(42-16)27(29(14,15)4)41-13(3)34/h11,14-16,18-22,24-27,37,39H,8-10H2,1-7H3/t11-,14+,15-,16+,18+,19-,20+,21-,22+,24-,25+,26-,27+,29-,30-,31+,32-/m1/s1. The van der Waals surface area contributed by atoms with Gasteiger partial charge in [-0.15, -0.1) is 0 Å². The second kappa shape index (κ2) is 8.66. The Morgan fingerprint density at radius 2 is 1.56 bits per heavy atom. The molecule has 43 heavy (non-hydrogen) atoms. The molecule has 2 N–H and O–H groups in total. The smallest absolute Gasteiger partial charge is 0.339 e. The fourth-order valence-electron chi connectivity index (χ4n) is 11.8. The van der Waals surface area contributed by atoms with Crippen LogP contribution in [0.2, 0.25) is 0 Å². The number of ketones is 2. The maximum Gasteiger partial charge on any atom is 0.339 e. The molecule has 0 amide bonds. The minimum Gasteiger partial charge on any atom is -0.462 e. The summed E-state index contributed by atoms with van der Waals surface area (Å²) in [6, 6.07) is 0. The molecule has 0 aromatic heterocycles. The number of fused-ring (bicyclic) bond motifs is 8. The van der Waals surface area contributed by atoms with Crippen LogP contribution in [-0.4, -0.2) is 81.9 Å². The van der Waals surface area contributed by atoms with Gasteiger partial charge in [-0.1, -0.05) is 20.8 Å². The Bertz CT molecular complexity index is 1340. The van der Waals surface area contributed by atoms with E-state index in [0.29, 0.717) is 6.42 Å². The van der Waals surface area contributed by atoms with Crippen molar-refractivity contribution in [2.45, 2.75) is 110 Å². The van der Waals surface area contributed by atoms with Gasteiger partial charge in [0, 0.05) is 54.8 Å². The van der Waals surface area contributed by atoms with Crippen molar-refractivity contribution in [2.24, 2.45) is 57.7 Å². The third-order valence-electron chi connectivity index (χ3n) is 13.7. The van der Waals surface area contributed by atoms with Crippen LogP contribution in [0.5, 0.6) is 0 Å². The number of rotatable bonds is 2. The number of aliphatic hydroxyl groups excluding tert-OH is 1. The molecule has 2 heterocycles. The van der Waals surface area contributed by atoms with Crippen molar-refractivity contribution in [2.75, 3.05) is 0 Å². The van der Waals surface area contributed by atoms with E-state index in [0.717, 1.165) is 0 Å². The first kappa shape index (κ1) is 29.3. The molecule has 236 valence electrons. The van der Waals surface area contributed by atoms with Crippen LogP contribution < -0.4 is 0 Å². The quantitative estimate of drug-likeness (QED) is 0.266. The SMILES string of the molecule is CC(=O)O[C@H]1C[C@H]2[C@H]([C@@H]3[C@H]4OC(=O)[C@@](C)(O)[C@@]5(C)C(=O)C[C@@H](C)[C@@H]([C@@H]45)[C@]31C)[C@@H](O)C(=O)[C@H]1C[C@@H]3O[C@@H]3[C@H](OC(C)=O)[C@@]12C. The Balaban J connectivity index is 1.45. The number of esters is 3. The van der Waals surface area contributed by atoms with Crippen LogP contribution in [0, 0.1) is 57.7 Å². The Morgan fingerprint density at radius 3 is 2.19 bits per heavy atom. The summed E-state index contributed by atoms with van der Waals surface area (Å²) in [5.41, 5.74) is -5.47. The van der Waals surface area contributed by atoms with Gasteiger partial charge in [0.1, 0.15) is 36.3 Å². The lowest BCUT2D eigenvalue weighted by atomic mass is 9.42. The molecule has 2 saturated heterocycles. The summed E-state index contributed by atoms with van der Waals surface area (Å²) in [5.74, 6) is -6.30. The molecule has 0 radical (unpaired) electrons. The molecule has 7 aliphatic rings. The number of ether oxygens (including phenoxy) is 4. The maximum atomic E-state index is 14.2. The van der Waals surface area contributed by atoms with Crippen molar-refractivity contribution in [3.05, 3.63) is 0 Å². The van der Waals surface area contributed by atoms with Crippen LogP contribution in [0.25, 0.3) is 0 Å². The highest BCUT2D eigenvalue weighted by molar-refractivity contribution is 5.96. The van der Waals surface area contributed by atoms with Crippen molar-refractivity contribution < 1.29 is 53.1 Å². The summed E-state index contributed by atoms with van der Waals surface area (Å²) in [4.78, 5) is 66.6. The number of Topliss-reactive ketones (excluding diaryl/α,β-unsaturated/α-hetero) is 2. The summed E-state index contributed by atoms with van der Waals surface area (Å²) in [7, 11) is 0. The van der Waals surface area contributed by atoms with E-state index in [9.17, 15) is 34.2 Å². The lowest BCUT2D eigenvalue weighted by Gasteiger charge is -2.63. The fourth-order valence-corrected chi connectivity index (χ4v) is 11.8. The summed E-state index contributed by atoms with van der Waals surface area (Å²) in [6.45, 7) is 11.4. The Kier molecular flexibility index (Phi) is 5.91. The number of epoxide rings is 1. The van der Waals surface area contributed by atoms with Gasteiger partial charge in [0.25, 0.3) is 0 Å². The number of carbonyl (C=O) groups is 5. The highest BCUT2D eigenvalue weighted by Gasteiger charge is 2.82. The van der Waals surface area contributed by atoms with Gasteiger partial charge in [0.15, 0.2) is 11.4 Å². The zero-order valence-electron chi connectivity index (χ0n) is 25.7. The van der Waals surface area contributed by atoms with Gasteiger partial charge in [0.05, 0.1) is 11.5 Å². The third-order valence-corrected chi connectivity index (χ3v) is 13.7. The van der Waals surface area contributed by atoms with Crippen LogP contribution in [0.1, 0.15) is 67.7 Å². The molecule has 0 aromatic carbocycles. The van der Waals surface area contributed by atoms with Gasteiger partial charge in [0.2, 0.25) is 0 Å². The van der Waals surface area contributed by atoms with E-state index in [1.165, 1.54) is 20.8 Å². The van der Waals surface area contributed by atoms with E-state index in [4.69, 9.17) is 18.9 Å². The van der Waals surface area contributed by atoms with Crippen molar-refractivity contribution in [3.8, 4) is 0 Å². The molecule has 0 spiro atoms. The topological polar surface area (TPSA) is 166 Å². The van der Waals surface area contributed by atoms with Gasteiger partial charge in [-0.25, -0.2) is 4.79 Å². The molecule has 5 saturated carbocycles. The van der Waals surface area contributed by atoms with E-state index >= 15 is 0 Å². The molecule has 0 bridgehead atoms. The predicted molar refractivity (Wildman–Crippen MR) is 145 cm³/mol. The minimum absolute atomic E-state index is 0.118. The highest BCUT2D eigenvalue weighted by atomic mass is 16.6. The molecule has 7 fully saturated rings. The van der Waals surface area contributed by atoms with Crippen LogP contribution in [-0.2, 0) is 42.9 Å². The first-order valence-electron chi connectivity index (χ1n) is 15.6. The Morgan fingerprint density at radius 1 is 0.907 bits per heavy atom. The monoisotopic (exact) mass is 602 g/mol. The second-order valence-corrected chi connectivity index (χ2v) is 15.4. The number of carbonyl (C=O) groups excluding carboxylic acids is 5. The molecule has 7 rings (SSSR count). The summed E-state index contributed by atoms with van der Waals surface area (Å²) >= 11 is 0. The lowest BCUT2D eigenvalue weighted by Crippen LogP contribution is -2.70. The molecule has 17 atom stereocenters. The van der Waals surface area contributed by atoms with E-state index in [1.807, 2.05) is 20.8 Å². The predicted octanol–water partition coefficient (Wildman–Crippen LogP) is 1.38. The number of aliphatic hydroxyl groups is 2. The summed E-state index contributed by atoms with van der Waals surface area (Å²) in [6.07, 6.45) is -3.68. The number of hydrogen-bond acceptors (Lipinski definition) is 11. The van der Waals surface area contributed by atoms with Gasteiger partial charge >= 0.3 is 17.9 Å². The minimum atomic E-state index is -2.09. The fraction of sp³-hybridized carbons (Fsp3) is 0.844. The zero-order valence-corrected chi connectivity index (χ0v) is 25.7. The molecular formula is C32H42O11. The van der Waals surface area contributed by atoms with Crippen molar-refractivity contribution in [1.82, 2.24) is 0 Å². The molecule has 11 nitrogen and oxygen atoms in total. The van der Waals surface area contributed by atoms with Gasteiger partial charge in [-0.3, -0.25) is 19.2 Å². The summed E-state index contributed by atoms with van der Waals surface area (Å²) in [5, 5.41) is 23.5. The molecule has 0 unspecified atom stereocenters. The molecule has 0 aromatic rings. The van der Waals surface area contributed by atoms with Gasteiger partial charge < -0.3 is 29.2 Å². The number of hydrogen-bond donors (Lipinski definition) is 2. The second-order valence-electron chi connectivity index (χ2n) is 15.4. The largest absolute Gasteiger partial charge is 0.462 e. The van der Waals surface area contributed by atoms with Crippen LogP contribution >= 0.6 is 0 Å². The maximum absolute atomic E-state index is 14.2. The first-order chi connectivity index (χ1) is 19.9. The summed E-state index contributed by atoms with van der Waals surface area (Å²) < 4.78 is 24.1. The van der Waals surface area contributed by atoms with Gasteiger partial charge in [-0.2, -0.15) is 0 Å². The van der Waals surface area contributed by atoms with E-state index in [1.54, 1.807) is 6.92 Å². The Labute approximate surface area is 250 Å². The lowest BCUT2D eigenvalue weighted by molar-refractivity contribution is -0.241. The zero-order chi connectivity index (χ0) is 31.3.